The summed E-state index contributed by atoms with van der Waals surface area (Å²) in [4.78, 5) is 73.4. The van der Waals surface area contributed by atoms with Crippen LogP contribution in [0.15, 0.2) is 58.5 Å². The summed E-state index contributed by atoms with van der Waals surface area (Å²) in [6.07, 6.45) is -3.37. The molecule has 16 nitrogen and oxygen atoms in total. The molecule has 5 aliphatic rings. The van der Waals surface area contributed by atoms with Gasteiger partial charge in [-0.05, 0) is 90.9 Å². The van der Waals surface area contributed by atoms with Gasteiger partial charge in [-0.25, -0.2) is 9.59 Å². The minimum absolute atomic E-state index is 0.00244. The van der Waals surface area contributed by atoms with Crippen molar-refractivity contribution in [1.29, 1.82) is 0 Å². The van der Waals surface area contributed by atoms with Gasteiger partial charge in [0.25, 0.3) is 5.91 Å². The summed E-state index contributed by atoms with van der Waals surface area (Å²) in [5, 5.41) is 19.4. The van der Waals surface area contributed by atoms with Crippen LogP contribution in [-0.4, -0.2) is 136 Å². The summed E-state index contributed by atoms with van der Waals surface area (Å²) in [6, 6.07) is 7.18. The molecule has 1 amide bonds. The Morgan fingerprint density at radius 1 is 0.948 bits per heavy atom. The molecule has 1 aromatic heterocycles. The van der Waals surface area contributed by atoms with Gasteiger partial charge in [0.2, 0.25) is 8.32 Å². The van der Waals surface area contributed by atoms with E-state index in [2.05, 4.69) is 46.9 Å². The molecule has 7 rings (SSSR count). The van der Waals surface area contributed by atoms with Crippen molar-refractivity contribution in [1.82, 2.24) is 5.32 Å². The number of carbonyl (C=O) groups excluding carboxylic acids is 5. The first-order valence-corrected chi connectivity index (χ1v) is 32.5. The van der Waals surface area contributed by atoms with Crippen LogP contribution in [-0.2, 0) is 47.2 Å². The molecule has 2 aromatic rings. The first-order chi connectivity index (χ1) is 36.2. The molecule has 2 saturated carbocycles. The van der Waals surface area contributed by atoms with Crippen LogP contribution in [0.1, 0.15) is 136 Å². The normalized spacial score (nSPS) is 29.7. The predicted molar refractivity (Wildman–Crippen MR) is 300 cm³/mol. The van der Waals surface area contributed by atoms with Crippen molar-refractivity contribution in [3.8, 4) is 11.5 Å². The molecule has 3 aliphatic carbocycles. The lowest BCUT2D eigenvalue weighted by atomic mass is 9.42. The number of rotatable bonds is 22. The number of esters is 4. The van der Waals surface area contributed by atoms with E-state index in [1.807, 2.05) is 27.0 Å². The van der Waals surface area contributed by atoms with E-state index in [4.69, 9.17) is 42.3 Å². The predicted octanol–water partition coefficient (Wildman–Crippen LogP) is 10.2. The van der Waals surface area contributed by atoms with Gasteiger partial charge in [-0.3, -0.25) is 14.4 Å². The van der Waals surface area contributed by atoms with Crippen LogP contribution in [0.5, 0.6) is 11.5 Å². The molecule has 1 aromatic carbocycles. The molecular weight excluding hydrogens is 1060 g/mol. The largest absolute Gasteiger partial charge is 0.497 e. The molecule has 12 atom stereocenters. The maximum absolute atomic E-state index is 15.9. The van der Waals surface area contributed by atoms with Crippen molar-refractivity contribution in [3.63, 3.8) is 0 Å². The van der Waals surface area contributed by atoms with Gasteiger partial charge >= 0.3 is 23.9 Å². The van der Waals surface area contributed by atoms with Crippen LogP contribution in [0.2, 0.25) is 16.6 Å². The maximum atomic E-state index is 15.9. The Bertz CT molecular complexity index is 2560. The third kappa shape index (κ3) is 10.9. The number of nitrogens with one attached hydrogen (secondary N) is 1. The van der Waals surface area contributed by atoms with Crippen LogP contribution in [0.4, 0.5) is 0 Å². The van der Waals surface area contributed by atoms with Crippen LogP contribution in [0.25, 0.3) is 0 Å². The molecule has 426 valence electrons. The Hall–Kier alpha value is -3.89. The average Bonchev–Trinajstić information content (AvgIpc) is 4.00. The highest BCUT2D eigenvalue weighted by molar-refractivity contribution is 8.76. The van der Waals surface area contributed by atoms with Crippen molar-refractivity contribution in [3.05, 3.63) is 68.9 Å². The van der Waals surface area contributed by atoms with Gasteiger partial charge in [-0.2, -0.15) is 0 Å². The van der Waals surface area contributed by atoms with E-state index in [0.29, 0.717) is 40.4 Å². The number of aliphatic hydroxyl groups is 1. The van der Waals surface area contributed by atoms with Crippen molar-refractivity contribution >= 4 is 71.0 Å². The molecule has 2 N–H and O–H groups in total. The Morgan fingerprint density at radius 2 is 1.64 bits per heavy atom. The highest BCUT2D eigenvalue weighted by Crippen LogP contribution is 2.70. The standard InChI is InChI=1S/C57H81NO15S3Si/c1-30(2)25-38(58-51(61)41-19-17-23-75-41)46(73-77(31(3)4,32(5)6)33(7)8)53(63)68-40-28-57(64)50(71-52(62)37-26-36(65-14)21-22-39(37)66-15)48-55(13)42(27-43-56(48,29-67-43)72-35(10)59)69-49(55)47(45(34(40)9)54(57,11)12)70-44(60)20-18-24-76-74-16/h17,19,21-23,25-26,31-33,38,40,42-43,46-50,64H,18,20,24,27-29H2,1-16H3,(H,58,61)/t38-,40-,42+,43+,46+,47+,48-,49-,50-,55+,56-,57+/m0/s1. The number of thiophene rings is 1. The van der Waals surface area contributed by atoms with E-state index in [0.717, 1.165) is 5.57 Å². The van der Waals surface area contributed by atoms with Crippen LogP contribution >= 0.6 is 32.9 Å². The quantitative estimate of drug-likeness (QED) is 0.0281. The van der Waals surface area contributed by atoms with E-state index in [1.165, 1.54) is 38.5 Å². The number of allylic oxidation sites excluding steroid dienone is 1. The van der Waals surface area contributed by atoms with Gasteiger partial charge < -0.3 is 52.7 Å². The van der Waals surface area contributed by atoms with Gasteiger partial charge in [0.1, 0.15) is 47.1 Å². The second kappa shape index (κ2) is 23.7. The highest BCUT2D eigenvalue weighted by atomic mass is 33.1. The molecule has 20 heteroatoms. The number of carbonyl (C=O) groups is 5. The monoisotopic (exact) mass is 1140 g/mol. The maximum Gasteiger partial charge on any atom is 0.342 e. The fraction of sp³-hybridized carbons (Fsp3) is 0.667. The van der Waals surface area contributed by atoms with E-state index in [9.17, 15) is 19.5 Å². The van der Waals surface area contributed by atoms with Gasteiger partial charge in [-0.1, -0.05) is 102 Å². The number of hydrogen-bond donors (Lipinski definition) is 2. The Kier molecular flexibility index (Phi) is 18.7. The van der Waals surface area contributed by atoms with Crippen molar-refractivity contribution in [2.24, 2.45) is 16.7 Å². The van der Waals surface area contributed by atoms with Gasteiger partial charge in [0.15, 0.2) is 17.8 Å². The van der Waals surface area contributed by atoms with E-state index in [-0.39, 0.29) is 47.4 Å². The Morgan fingerprint density at radius 3 is 2.19 bits per heavy atom. The number of ether oxygens (including phenoxy) is 8. The lowest BCUT2D eigenvalue weighted by Crippen LogP contribution is -2.86. The Balaban J connectivity index is 1.46. The molecule has 2 aliphatic heterocycles. The summed E-state index contributed by atoms with van der Waals surface area (Å²) in [5.74, 6) is -3.05. The summed E-state index contributed by atoms with van der Waals surface area (Å²) >= 11 is 1.27. The molecule has 2 saturated heterocycles. The fourth-order valence-corrected chi connectivity index (χ4v) is 21.2. The summed E-state index contributed by atoms with van der Waals surface area (Å²) in [7, 11) is 3.15. The van der Waals surface area contributed by atoms with Gasteiger partial charge in [-0.15, -0.1) is 11.3 Å². The van der Waals surface area contributed by atoms with Crippen LogP contribution in [0.3, 0.4) is 0 Å². The summed E-state index contributed by atoms with van der Waals surface area (Å²) in [6.45, 7) is 24.9. The second-order valence-electron chi connectivity index (χ2n) is 23.2. The molecule has 2 bridgehead atoms. The first-order valence-electron chi connectivity index (χ1n) is 26.8. The molecule has 4 fully saturated rings. The van der Waals surface area contributed by atoms with E-state index >= 15 is 9.59 Å². The third-order valence-corrected chi connectivity index (χ3v) is 26.2. The number of amides is 1. The van der Waals surface area contributed by atoms with Crippen molar-refractivity contribution < 1.29 is 71.4 Å². The molecule has 0 unspecified atom stereocenters. The fourth-order valence-electron chi connectivity index (χ4n) is 13.8. The van der Waals surface area contributed by atoms with Crippen molar-refractivity contribution in [2.75, 3.05) is 32.8 Å². The molecular formula is C57H81NO15S3Si. The smallest absolute Gasteiger partial charge is 0.342 e. The van der Waals surface area contributed by atoms with E-state index in [1.54, 1.807) is 78.1 Å². The third-order valence-electron chi connectivity index (χ3n) is 17.4. The zero-order chi connectivity index (χ0) is 56.7. The Labute approximate surface area is 467 Å². The van der Waals surface area contributed by atoms with E-state index < -0.39 is 115 Å². The average molecular weight is 1140 g/mol. The molecule has 0 spiro atoms. The lowest BCUT2D eigenvalue weighted by molar-refractivity contribution is -0.416. The minimum Gasteiger partial charge on any atom is -0.497 e. The van der Waals surface area contributed by atoms with Crippen LogP contribution in [0, 0.1) is 16.7 Å². The second-order valence-corrected chi connectivity index (χ2v) is 32.3. The summed E-state index contributed by atoms with van der Waals surface area (Å²) in [5.41, 5.74) is -4.52. The summed E-state index contributed by atoms with van der Waals surface area (Å²) < 4.78 is 58.8. The number of fused-ring (bicyclic) bond motifs is 4. The molecule has 77 heavy (non-hydrogen) atoms. The van der Waals surface area contributed by atoms with Crippen molar-refractivity contribution in [2.45, 2.75) is 192 Å². The van der Waals surface area contributed by atoms with Gasteiger partial charge in [0, 0.05) is 42.8 Å². The number of benzene rings is 1. The number of methoxy groups -OCH3 is 2. The lowest BCUT2D eigenvalue weighted by Gasteiger charge is -2.74. The SMILES string of the molecule is COc1ccc(OC)c(C(=O)O[C@H]2[C@@H]3[C@]4(OC(C)=O)CO[C@@H]4C[C@H]4O[C@@H]([C@H](OC(=O)CCCSSC)C5=C(C)[C@@H](OC(=O)[C@H](O[Si](C(C)C)(C(C)C)C(C)C)[C@H](C=C(C)C)NC(=O)c6cccs6)C[C@]2(O)C5(C)C)[C@@]34C)c1. The van der Waals surface area contributed by atoms with Crippen LogP contribution < -0.4 is 14.8 Å². The molecule has 0 radical (unpaired) electrons. The zero-order valence-corrected chi connectivity index (χ0v) is 51.0. The highest BCUT2D eigenvalue weighted by Gasteiger charge is 2.82. The molecule has 3 heterocycles. The van der Waals surface area contributed by atoms with Gasteiger partial charge in [0.05, 0.1) is 43.8 Å². The zero-order valence-electron chi connectivity index (χ0n) is 47.6. The first kappa shape index (κ1) is 60.7. The number of hydrogen-bond acceptors (Lipinski definition) is 18. The topological polar surface area (TPSA) is 201 Å². The minimum atomic E-state index is -2.97.